The number of aromatic amines is 2. The molecule has 108 heavy (non-hydrogen) atoms. The summed E-state index contributed by atoms with van der Waals surface area (Å²) in [6.45, 7) is 13.8. The van der Waals surface area contributed by atoms with Crippen molar-refractivity contribution in [3.05, 3.63) is 360 Å². The van der Waals surface area contributed by atoms with Crippen molar-refractivity contribution in [2.24, 2.45) is 9.98 Å². The van der Waals surface area contributed by atoms with Crippen LogP contribution in [0.15, 0.2) is 330 Å². The van der Waals surface area contributed by atoms with Gasteiger partial charge in [-0.05, 0) is 23.2 Å². The Kier molecular flexibility index (Phi) is 28.7. The van der Waals surface area contributed by atoms with Crippen LogP contribution in [0, 0.1) is 13.1 Å². The monoisotopic (exact) mass is 1650 g/mol. The van der Waals surface area contributed by atoms with Gasteiger partial charge in [0.2, 0.25) is 11.4 Å². The molecule has 11 aromatic heterocycles. The van der Waals surface area contributed by atoms with Crippen LogP contribution in [0.5, 0.6) is 0 Å². The van der Waals surface area contributed by atoms with E-state index in [-0.39, 0.29) is 50.4 Å². The van der Waals surface area contributed by atoms with Gasteiger partial charge in [-0.3, -0.25) is 0 Å². The van der Waals surface area contributed by atoms with Crippen LogP contribution in [-0.2, 0) is 0 Å². The zero-order valence-electron chi connectivity index (χ0n) is 57.8. The normalized spacial score (nSPS) is 10.8. The Morgan fingerprint density at radius 1 is 0.491 bits per heavy atom. The third-order valence-electron chi connectivity index (χ3n) is 15.2. The summed E-state index contributed by atoms with van der Waals surface area (Å²) in [4.78, 5) is 94.2. The van der Waals surface area contributed by atoms with Crippen LogP contribution in [-0.4, -0.2) is 193 Å². The maximum atomic E-state index is 12.0. The predicted octanol–water partition coefficient (Wildman–Crippen LogP) is 7.24. The Morgan fingerprint density at radius 3 is 1.65 bits per heavy atom. The minimum Gasteiger partial charge on any atom is -0.437 e. The number of para-hydroxylation sites is 4. The van der Waals surface area contributed by atoms with Crippen molar-refractivity contribution in [3.63, 3.8) is 0 Å². The average Bonchev–Trinajstić information content (AvgIpc) is 1.64. The minimum absolute atomic E-state index is 0. The average molecular weight is 1650 g/mol. The smallest absolute Gasteiger partial charge is 0.437 e. The summed E-state index contributed by atoms with van der Waals surface area (Å²) < 4.78 is 11.6. The van der Waals surface area contributed by atoms with Gasteiger partial charge in [-0.1, -0.05) is 36.7 Å². The molecule has 504 valence electrons. The molecule has 0 saturated carbocycles. The van der Waals surface area contributed by atoms with Crippen LogP contribution in [0.3, 0.4) is 0 Å². The number of imidazole rings is 5. The molecule has 0 unspecified atom stereocenters. The number of hydrogen-bond donors (Lipinski definition) is 0. The van der Waals surface area contributed by atoms with Crippen molar-refractivity contribution in [3.8, 4) is 91.6 Å². The van der Waals surface area contributed by atoms with Crippen molar-refractivity contribution in [2.75, 3.05) is 0 Å². The van der Waals surface area contributed by atoms with Crippen LogP contribution in [0.2, 0.25) is 0 Å². The first-order chi connectivity index (χ1) is 52.0. The SMILES string of the molecule is O=c1cccc(-c2cn(-c3ccccc3)c(-c3ccccc3)n2)[n]1[GaH].O=c1nc[n]([GaH])c(-c2ccccn2)n1.[Be+2].[C-]#[N+]C([N+]#[C-])=C1N=C[N]([GaH])C(c2cnccn2)=N1.[GaH][n]1ccnc1-c1cn(-c2ccccc2)c(-c2ccccc2)n1.[Mg+2].c1ccc(-c2nc3ccccc3[n-]2)[nH+]c1.c1ccc(-c2ncc[n-]2)[nH+]c1. The van der Waals surface area contributed by atoms with E-state index in [2.05, 4.69) is 134 Å². The third kappa shape index (κ3) is 20.3. The first kappa shape index (κ1) is 78.6. The number of aliphatic imine (C=N–C) groups is 2. The second kappa shape index (κ2) is 39.4. The molecule has 0 amide bonds. The number of benzene rings is 5. The molecule has 1 aliphatic heterocycles. The van der Waals surface area contributed by atoms with E-state index in [1.807, 2.05) is 201 Å². The maximum Gasteiger partial charge on any atom is 2.00 e. The van der Waals surface area contributed by atoms with Crippen LogP contribution in [0.4, 0.5) is 0 Å². The summed E-state index contributed by atoms with van der Waals surface area (Å²) >= 11 is 3.33. The molecule has 17 rings (SSSR count). The van der Waals surface area contributed by atoms with E-state index >= 15 is 0 Å². The quantitative estimate of drug-likeness (QED) is 0.0963. The summed E-state index contributed by atoms with van der Waals surface area (Å²) in [5.74, 6) is 5.28. The molecule has 4 radical (unpaired) electrons. The van der Waals surface area contributed by atoms with E-state index in [1.165, 1.54) is 6.33 Å². The molecule has 5 aromatic carbocycles. The molecule has 0 saturated heterocycles. The summed E-state index contributed by atoms with van der Waals surface area (Å²) in [5.41, 5.74) is 11.4. The second-order valence-corrected chi connectivity index (χ2v) is 27.8. The van der Waals surface area contributed by atoms with Crippen LogP contribution in [0.1, 0.15) is 5.69 Å². The van der Waals surface area contributed by atoms with Gasteiger partial charge >= 0.3 is 536 Å². The van der Waals surface area contributed by atoms with E-state index < -0.39 is 5.69 Å². The van der Waals surface area contributed by atoms with Crippen molar-refractivity contribution in [2.45, 2.75) is 0 Å². The predicted molar refractivity (Wildman–Crippen MR) is 420 cm³/mol. The van der Waals surface area contributed by atoms with Crippen LogP contribution in [0.25, 0.3) is 112 Å². The van der Waals surface area contributed by atoms with E-state index in [4.69, 9.17) is 23.1 Å². The first-order valence-corrected chi connectivity index (χ1v) is 37.5. The number of aromatic nitrogens is 19. The molecule has 32 heteroatoms. The molecule has 2 N–H and O–H groups in total. The topological polar surface area (TPSA) is 281 Å². The van der Waals surface area contributed by atoms with E-state index in [0.29, 0.717) is 23.0 Å². The molecular weight excluding hydrogens is 1590 g/mol. The van der Waals surface area contributed by atoms with Crippen molar-refractivity contribution < 1.29 is 9.97 Å². The fourth-order valence-corrected chi connectivity index (χ4v) is 13.0. The first-order valence-electron chi connectivity index (χ1n) is 32.2. The van der Waals surface area contributed by atoms with E-state index in [1.54, 1.807) is 65.8 Å². The molecule has 0 fully saturated rings. The van der Waals surface area contributed by atoms with Crippen LogP contribution >= 0.6 is 0 Å². The minimum atomic E-state index is -0.477. The van der Waals surface area contributed by atoms with Gasteiger partial charge in [0.25, 0.3) is 0 Å². The van der Waals surface area contributed by atoms with E-state index in [9.17, 15) is 9.59 Å². The van der Waals surface area contributed by atoms with Crippen molar-refractivity contribution >= 4 is 132 Å². The fourth-order valence-electron chi connectivity index (χ4n) is 10.2. The number of nitrogens with zero attached hydrogens (tertiary/aromatic N) is 22. The fraction of sp³-hybridized carbons (Fsp3) is 0. The molecule has 0 atom stereocenters. The van der Waals surface area contributed by atoms with Crippen LogP contribution < -0.4 is 31.2 Å². The Bertz CT molecular complexity index is 5710. The number of nitrogens with one attached hydrogen (secondary N) is 2. The standard InChI is InChI=1S/C20H15N3O.C18H13N4.C12H8N3.C10H4N7.C8H6N4O.C8H6N3.Be.4Ga.Mg.4H/c24-19-13-7-12-17(21-19)18-14-23(16-10-5-2-6-11-16)20(22-18)15-8-3-1-4-9-15;1-3-7-14(8-4-1)18-21-16(17-19-11-12-20-17)13-22(18)15-9-5-2-6-10-15;1-2-6-10-9(5-1)14-12(15-10)11-7-3-4-8-13-11;1-11-9(12-2)10-16-6-15-8(17-10)7-5-13-3-4-14-7;13-8-11-5-10-7(12-8)6-3-1-2-4-9-6;1-2-4-9-7(3-1)8-10-5-6-11-8;;;;;;;;;;/h1-14H,(H,21,24);1-13H;1-8H;3-6H;1-5H,(H,10,11,12,13);1-6H;;;;;;;;;;/q;3*-1;;-1;+2;4*+1;+2;;;;. The summed E-state index contributed by atoms with van der Waals surface area (Å²) in [6, 6.07) is 71.1. The molecule has 0 spiro atoms. The van der Waals surface area contributed by atoms with Gasteiger partial charge in [0.1, 0.15) is 0 Å². The zero-order valence-corrected chi connectivity index (χ0v) is 71.0. The van der Waals surface area contributed by atoms with Gasteiger partial charge in [-0.25, -0.2) is 9.97 Å². The number of rotatable bonds is 10. The number of pyridine rings is 4. The number of amidine groups is 1. The van der Waals surface area contributed by atoms with Crippen molar-refractivity contribution in [1.29, 1.82) is 0 Å². The summed E-state index contributed by atoms with van der Waals surface area (Å²) in [6.07, 6.45) is 24.3. The molecule has 1 aliphatic rings. The Balaban J connectivity index is 0.000000140. The number of fused-ring (bicyclic) bond motifs is 1. The number of hydrogen-bond acceptors (Lipinski definition) is 15. The Morgan fingerprint density at radius 2 is 1.08 bits per heavy atom. The number of H-pyrrole nitrogens is 2. The maximum absolute atomic E-state index is 12.0. The molecule has 16 aromatic rings. The third-order valence-corrected chi connectivity index (χ3v) is 19.6. The molecule has 0 bridgehead atoms. The second-order valence-electron chi connectivity index (χ2n) is 22.2. The summed E-state index contributed by atoms with van der Waals surface area (Å²) in [7, 11) is 0. The van der Waals surface area contributed by atoms with Gasteiger partial charge in [0, 0.05) is 35.9 Å². The summed E-state index contributed by atoms with van der Waals surface area (Å²) in [5, 5.41) is 0. The molecular formula is C76H56BeGa4MgN24O2+4. The van der Waals surface area contributed by atoms with E-state index in [0.717, 1.165) is 166 Å². The van der Waals surface area contributed by atoms with Gasteiger partial charge in [0.15, 0.2) is 12.4 Å². The Hall–Kier alpha value is -12.0. The van der Waals surface area contributed by atoms with Gasteiger partial charge in [-0.2, -0.15) is 0 Å². The zero-order chi connectivity index (χ0) is 73.4. The largest absolute Gasteiger partial charge is 2.00 e. The van der Waals surface area contributed by atoms with Gasteiger partial charge in [-0.15, -0.1) is 0 Å². The molecule has 12 heterocycles. The molecule has 26 nitrogen and oxygen atoms in total. The van der Waals surface area contributed by atoms with Crippen molar-refractivity contribution in [1.82, 2.24) is 82.4 Å². The molecule has 0 aliphatic carbocycles. The van der Waals surface area contributed by atoms with Gasteiger partial charge in [0.05, 0.1) is 0 Å². The Labute approximate surface area is 679 Å². The van der Waals surface area contributed by atoms with Gasteiger partial charge < -0.3 is 19.9 Å².